The van der Waals surface area contributed by atoms with Crippen molar-refractivity contribution in [3.63, 3.8) is 0 Å². The Balaban J connectivity index is 0.000000141. The van der Waals surface area contributed by atoms with Gasteiger partial charge in [0, 0.05) is 103 Å². The largest absolute Gasteiger partial charge is 0.455 e. The molecule has 22 rings (SSSR count). The van der Waals surface area contributed by atoms with Crippen molar-refractivity contribution in [2.45, 2.75) is 0 Å². The van der Waals surface area contributed by atoms with Gasteiger partial charge in [0.1, 0.15) is 11.2 Å². The molecule has 10 heteroatoms. The number of fused-ring (bicyclic) bond motifs is 12. The van der Waals surface area contributed by atoms with Crippen LogP contribution in [0.4, 0.5) is 0 Å². The minimum Gasteiger partial charge on any atom is -0.455 e. The Kier molecular flexibility index (Phi) is 16.2. The van der Waals surface area contributed by atoms with Crippen molar-refractivity contribution in [1.29, 1.82) is 0 Å². The first kappa shape index (κ1) is 65.5. The summed E-state index contributed by atoms with van der Waals surface area (Å²) in [5, 5.41) is 9.60. The molecule has 9 nitrogen and oxygen atoms in total. The van der Waals surface area contributed by atoms with Crippen LogP contribution < -0.4 is 0 Å². The first-order chi connectivity index (χ1) is 55.5. The summed E-state index contributed by atoms with van der Waals surface area (Å²) in [5.41, 5.74) is 23.3. The molecule has 0 N–H and O–H groups in total. The van der Waals surface area contributed by atoms with E-state index in [-0.39, 0.29) is 0 Å². The summed E-state index contributed by atoms with van der Waals surface area (Å²) in [7, 11) is 0. The van der Waals surface area contributed by atoms with E-state index in [0.29, 0.717) is 34.9 Å². The fourth-order valence-corrected chi connectivity index (χ4v) is 17.2. The van der Waals surface area contributed by atoms with Gasteiger partial charge in [0.25, 0.3) is 0 Å². The summed E-state index contributed by atoms with van der Waals surface area (Å²) >= 11 is 1.85. The van der Waals surface area contributed by atoms with Crippen LogP contribution in [0.2, 0.25) is 0 Å². The summed E-state index contributed by atoms with van der Waals surface area (Å²) < 4.78 is 13.9. The van der Waals surface area contributed by atoms with Crippen LogP contribution in [0.25, 0.3) is 210 Å². The average molecular weight is 1450 g/mol. The van der Waals surface area contributed by atoms with Crippen LogP contribution in [-0.2, 0) is 0 Å². The second-order valence-corrected chi connectivity index (χ2v) is 29.1. The maximum Gasteiger partial charge on any atom is 0.164 e. The molecule has 0 aliphatic heterocycles. The van der Waals surface area contributed by atoms with Gasteiger partial charge in [-0.15, -0.1) is 11.3 Å². The number of aromatic nitrogens is 8. The lowest BCUT2D eigenvalue weighted by atomic mass is 9.96. The van der Waals surface area contributed by atoms with Gasteiger partial charge >= 0.3 is 0 Å². The second kappa shape index (κ2) is 27.7. The third kappa shape index (κ3) is 11.7. The maximum absolute atomic E-state index is 6.51. The van der Waals surface area contributed by atoms with Crippen molar-refractivity contribution >= 4 is 97.1 Å². The van der Waals surface area contributed by atoms with E-state index in [4.69, 9.17) is 34.3 Å². The number of rotatable bonds is 12. The number of benzene rings is 16. The van der Waals surface area contributed by atoms with Gasteiger partial charge in [0.15, 0.2) is 34.9 Å². The molecule has 0 saturated heterocycles. The van der Waals surface area contributed by atoms with E-state index in [1.807, 2.05) is 145 Å². The van der Waals surface area contributed by atoms with Gasteiger partial charge in [-0.3, -0.25) is 0 Å². The highest BCUT2D eigenvalue weighted by Gasteiger charge is 2.23. The Labute approximate surface area is 648 Å². The number of para-hydroxylation sites is 4. The van der Waals surface area contributed by atoms with Crippen LogP contribution in [-0.4, -0.2) is 39.0 Å². The van der Waals surface area contributed by atoms with E-state index in [9.17, 15) is 0 Å². The Morgan fingerprint density at radius 1 is 0.205 bits per heavy atom. The molecule has 22 aromatic rings. The van der Waals surface area contributed by atoms with Crippen molar-refractivity contribution < 1.29 is 4.42 Å². The van der Waals surface area contributed by atoms with Gasteiger partial charge < -0.3 is 13.6 Å². The number of nitrogens with zero attached hydrogens (tertiary/aromatic N) is 8. The third-order valence-corrected chi connectivity index (χ3v) is 22.4. The minimum atomic E-state index is 0.625. The van der Waals surface area contributed by atoms with Crippen molar-refractivity contribution in [1.82, 2.24) is 39.0 Å². The first-order valence-corrected chi connectivity index (χ1v) is 38.4. The fraction of sp³-hybridized carbons (Fsp3) is 0. The quantitative estimate of drug-likeness (QED) is 0.120. The molecule has 0 unspecified atom stereocenters. The zero-order chi connectivity index (χ0) is 74.0. The summed E-state index contributed by atoms with van der Waals surface area (Å²) in [5.74, 6) is 3.83. The van der Waals surface area contributed by atoms with E-state index in [1.54, 1.807) is 0 Å². The summed E-state index contributed by atoms with van der Waals surface area (Å²) in [6.45, 7) is 0. The van der Waals surface area contributed by atoms with Gasteiger partial charge in [-0.25, -0.2) is 29.9 Å². The number of furan rings is 1. The van der Waals surface area contributed by atoms with Crippen molar-refractivity contribution in [3.05, 3.63) is 388 Å². The van der Waals surface area contributed by atoms with E-state index in [1.165, 1.54) is 47.5 Å². The van der Waals surface area contributed by atoms with Crippen LogP contribution in [0.15, 0.2) is 393 Å². The second-order valence-electron chi connectivity index (χ2n) is 28.0. The topological polar surface area (TPSA) is 100 Å². The van der Waals surface area contributed by atoms with Crippen LogP contribution in [0.1, 0.15) is 0 Å². The molecule has 0 aliphatic rings. The van der Waals surface area contributed by atoms with Gasteiger partial charge in [-0.2, -0.15) is 0 Å². The van der Waals surface area contributed by atoms with Gasteiger partial charge in [0.2, 0.25) is 0 Å². The SMILES string of the molecule is c1ccc(-c2nc(-c3ccccc3)nc(-c3cccc(-c4cccc5c4c4cc(-c6ccc7sc8ccccc8c7c6)ccc4n5-c4ccccc4)c3)n2)cc1.c1ccc(-c2nc(-c3ccccc3)nc(-c3cccc(-c4cccc5c4c4cc(-c6cccc7c6oc6ccccc67)ccc4n5-c4ccccc4)c3)n2)cc1. The standard InChI is InChI=1S/C51H32N4O.C51H32N4S/c1-4-15-33(16-5-1)49-52-50(34-17-6-2-7-18-34)54-51(53-49)37-20-12-19-35(31-37)39-24-14-27-45-47(39)43-32-36(29-30-44(43)55(45)38-21-8-3-9-22-38)40-25-13-26-42-41-23-10-11-28-46(41)56-48(40)42;1-4-14-33(15-5-1)49-52-50(34-16-6-2-7-17-34)54-51(53-49)38-19-12-18-37(30-38)40-23-13-24-45-48(40)43-32-35(26-28-44(43)55(45)39-20-8-3-9-21-39)36-27-29-47-42(31-36)41-22-10-11-25-46(41)56-47/h2*1-32H. The molecular weight excluding hydrogens is 1390 g/mol. The fourth-order valence-electron chi connectivity index (χ4n) is 16.1. The average Bonchev–Trinajstić information content (AvgIpc) is 1.58. The third-order valence-electron chi connectivity index (χ3n) is 21.3. The number of hydrogen-bond donors (Lipinski definition) is 0. The first-order valence-electron chi connectivity index (χ1n) is 37.5. The molecule has 0 radical (unpaired) electrons. The lowest BCUT2D eigenvalue weighted by molar-refractivity contribution is 0.670. The Bertz CT molecular complexity index is 7240. The van der Waals surface area contributed by atoms with Crippen molar-refractivity contribution in [2.75, 3.05) is 0 Å². The minimum absolute atomic E-state index is 0.625. The van der Waals surface area contributed by atoms with Gasteiger partial charge in [-0.05, 0) is 136 Å². The lowest BCUT2D eigenvalue weighted by Crippen LogP contribution is -2.00. The highest BCUT2D eigenvalue weighted by atomic mass is 32.1. The predicted molar refractivity (Wildman–Crippen MR) is 463 cm³/mol. The van der Waals surface area contributed by atoms with Crippen LogP contribution in [0.5, 0.6) is 0 Å². The van der Waals surface area contributed by atoms with E-state index in [2.05, 4.69) is 264 Å². The molecule has 0 spiro atoms. The number of hydrogen-bond acceptors (Lipinski definition) is 8. The molecule has 16 aromatic carbocycles. The zero-order valence-electron chi connectivity index (χ0n) is 60.3. The smallest absolute Gasteiger partial charge is 0.164 e. The molecule has 112 heavy (non-hydrogen) atoms. The normalized spacial score (nSPS) is 11.6. The van der Waals surface area contributed by atoms with Gasteiger partial charge in [-0.1, -0.05) is 291 Å². The van der Waals surface area contributed by atoms with Crippen LogP contribution >= 0.6 is 11.3 Å². The molecule has 6 heterocycles. The van der Waals surface area contributed by atoms with Crippen LogP contribution in [0, 0.1) is 0 Å². The Morgan fingerprint density at radius 3 is 1.04 bits per heavy atom. The molecule has 524 valence electrons. The molecule has 6 aromatic heterocycles. The number of thiophene rings is 1. The Hall–Kier alpha value is -14.8. The van der Waals surface area contributed by atoms with Crippen molar-refractivity contribution in [3.8, 4) is 124 Å². The summed E-state index contributed by atoms with van der Waals surface area (Å²) in [6, 6.07) is 136. The van der Waals surface area contributed by atoms with Crippen molar-refractivity contribution in [2.24, 2.45) is 0 Å². The molecule has 0 fully saturated rings. The Morgan fingerprint density at radius 2 is 0.545 bits per heavy atom. The van der Waals surface area contributed by atoms with E-state index >= 15 is 0 Å². The molecular formula is C102H64N8OS. The molecule has 0 atom stereocenters. The molecule has 0 bridgehead atoms. The highest BCUT2D eigenvalue weighted by Crippen LogP contribution is 2.46. The highest BCUT2D eigenvalue weighted by molar-refractivity contribution is 7.25. The maximum atomic E-state index is 6.51. The summed E-state index contributed by atoms with van der Waals surface area (Å²) in [4.78, 5) is 30.0. The van der Waals surface area contributed by atoms with E-state index in [0.717, 1.165) is 128 Å². The predicted octanol–water partition coefficient (Wildman–Crippen LogP) is 26.9. The molecule has 0 amide bonds. The van der Waals surface area contributed by atoms with Gasteiger partial charge in [0.05, 0.1) is 22.1 Å². The molecule has 0 saturated carbocycles. The van der Waals surface area contributed by atoms with Crippen LogP contribution in [0.3, 0.4) is 0 Å². The molecule has 0 aliphatic carbocycles. The monoisotopic (exact) mass is 1450 g/mol. The summed E-state index contributed by atoms with van der Waals surface area (Å²) in [6.07, 6.45) is 0. The zero-order valence-corrected chi connectivity index (χ0v) is 61.2. The lowest BCUT2D eigenvalue weighted by Gasteiger charge is -2.11. The van der Waals surface area contributed by atoms with E-state index < -0.39 is 0 Å².